The molecule has 2 aliphatic heterocycles. The molecule has 4 rings (SSSR count). The van der Waals surface area contributed by atoms with Gasteiger partial charge in [-0.15, -0.1) is 0 Å². The molecule has 5 heteroatoms. The highest BCUT2D eigenvalue weighted by Crippen LogP contribution is 2.38. The van der Waals surface area contributed by atoms with E-state index in [1.54, 1.807) is 0 Å². The van der Waals surface area contributed by atoms with Gasteiger partial charge in [0.25, 0.3) is 0 Å². The quantitative estimate of drug-likeness (QED) is 0.820. The van der Waals surface area contributed by atoms with E-state index >= 15 is 0 Å². The van der Waals surface area contributed by atoms with Gasteiger partial charge in [0.1, 0.15) is 0 Å². The van der Waals surface area contributed by atoms with E-state index in [9.17, 15) is 4.79 Å². The predicted octanol–water partition coefficient (Wildman–Crippen LogP) is 3.47. The third-order valence-corrected chi connectivity index (χ3v) is 5.33. The highest BCUT2D eigenvalue weighted by molar-refractivity contribution is 5.78. The van der Waals surface area contributed by atoms with E-state index in [2.05, 4.69) is 17.9 Å². The summed E-state index contributed by atoms with van der Waals surface area (Å²) in [4.78, 5) is 15.0. The van der Waals surface area contributed by atoms with Crippen molar-refractivity contribution in [3.05, 3.63) is 23.8 Å². The molecule has 25 heavy (non-hydrogen) atoms. The maximum atomic E-state index is 12.9. The summed E-state index contributed by atoms with van der Waals surface area (Å²) < 4.78 is 17.2. The summed E-state index contributed by atoms with van der Waals surface area (Å²) >= 11 is 0. The second-order valence-electron chi connectivity index (χ2n) is 7.30. The first kappa shape index (κ1) is 16.7. The molecule has 0 radical (unpaired) electrons. The van der Waals surface area contributed by atoms with Gasteiger partial charge in [-0.05, 0) is 50.3 Å². The van der Waals surface area contributed by atoms with Gasteiger partial charge in [-0.2, -0.15) is 0 Å². The van der Waals surface area contributed by atoms with Crippen LogP contribution in [-0.4, -0.2) is 42.8 Å². The molecule has 0 unspecified atom stereocenters. The highest BCUT2D eigenvalue weighted by atomic mass is 16.5. The summed E-state index contributed by atoms with van der Waals surface area (Å²) in [7, 11) is 0. The van der Waals surface area contributed by atoms with Crippen molar-refractivity contribution >= 4 is 5.91 Å². The van der Waals surface area contributed by atoms with Crippen LogP contribution >= 0.6 is 0 Å². The molecule has 2 heterocycles. The Balaban J connectivity index is 1.51. The lowest BCUT2D eigenvalue weighted by molar-refractivity contribution is -0.136. The summed E-state index contributed by atoms with van der Waals surface area (Å²) in [5.74, 6) is 1.82. The number of ether oxygens (including phenoxy) is 3. The number of amides is 1. The number of carbonyl (C=O) groups excluding carboxylic acids is 1. The predicted molar refractivity (Wildman–Crippen MR) is 93.9 cm³/mol. The minimum atomic E-state index is 0.0403. The standard InChI is InChI=1S/C20H27NO4/c1-14(15-5-8-18-19(12-15)25-11-3-10-24-18)21(16-6-7-16)20(22)13-17-4-2-9-23-17/h5,8,12,14,16-17H,2-4,6-7,9-11,13H2,1H3/t14-,17-/m1/s1. The van der Waals surface area contributed by atoms with E-state index in [0.717, 1.165) is 55.8 Å². The van der Waals surface area contributed by atoms with Crippen molar-refractivity contribution in [2.75, 3.05) is 19.8 Å². The van der Waals surface area contributed by atoms with Crippen molar-refractivity contribution in [2.45, 2.75) is 63.6 Å². The monoisotopic (exact) mass is 345 g/mol. The number of benzene rings is 1. The molecule has 1 saturated heterocycles. The first-order chi connectivity index (χ1) is 12.2. The first-order valence-corrected chi connectivity index (χ1v) is 9.54. The van der Waals surface area contributed by atoms with Gasteiger partial charge in [0.2, 0.25) is 5.91 Å². The molecule has 0 N–H and O–H groups in total. The minimum Gasteiger partial charge on any atom is -0.490 e. The fourth-order valence-corrected chi connectivity index (χ4v) is 3.79. The average Bonchev–Trinajstić information content (AvgIpc) is 3.36. The topological polar surface area (TPSA) is 48.0 Å². The lowest BCUT2D eigenvalue weighted by Gasteiger charge is -2.31. The number of hydrogen-bond acceptors (Lipinski definition) is 4. The third-order valence-electron chi connectivity index (χ3n) is 5.33. The molecule has 0 aromatic heterocycles. The fraction of sp³-hybridized carbons (Fsp3) is 0.650. The first-order valence-electron chi connectivity index (χ1n) is 9.54. The molecule has 3 aliphatic rings. The molecule has 136 valence electrons. The van der Waals surface area contributed by atoms with Gasteiger partial charge < -0.3 is 19.1 Å². The molecule has 0 spiro atoms. The van der Waals surface area contributed by atoms with Crippen molar-refractivity contribution in [3.63, 3.8) is 0 Å². The Bertz CT molecular complexity index is 622. The molecule has 2 atom stereocenters. The second kappa shape index (κ2) is 7.24. The number of rotatable bonds is 5. The van der Waals surface area contributed by atoms with Crippen LogP contribution in [0.2, 0.25) is 0 Å². The van der Waals surface area contributed by atoms with Crippen LogP contribution in [0.4, 0.5) is 0 Å². The largest absolute Gasteiger partial charge is 0.490 e. The summed E-state index contributed by atoms with van der Waals surface area (Å²) in [6.45, 7) is 4.27. The molecule has 2 fully saturated rings. The van der Waals surface area contributed by atoms with Crippen LogP contribution in [0.3, 0.4) is 0 Å². The molecule has 1 aromatic rings. The Labute approximate surface area is 149 Å². The molecule has 1 saturated carbocycles. The smallest absolute Gasteiger partial charge is 0.225 e. The Morgan fingerprint density at radius 3 is 2.64 bits per heavy atom. The van der Waals surface area contributed by atoms with E-state index in [-0.39, 0.29) is 18.1 Å². The number of fused-ring (bicyclic) bond motifs is 1. The molecule has 1 aromatic carbocycles. The fourth-order valence-electron chi connectivity index (χ4n) is 3.79. The molecule has 0 bridgehead atoms. The van der Waals surface area contributed by atoms with Gasteiger partial charge in [0.15, 0.2) is 11.5 Å². The van der Waals surface area contributed by atoms with Crippen molar-refractivity contribution in [2.24, 2.45) is 0 Å². The van der Waals surface area contributed by atoms with E-state index < -0.39 is 0 Å². The zero-order valence-electron chi connectivity index (χ0n) is 14.9. The maximum Gasteiger partial charge on any atom is 0.225 e. The van der Waals surface area contributed by atoms with E-state index in [1.807, 2.05) is 12.1 Å². The summed E-state index contributed by atoms with van der Waals surface area (Å²) in [6, 6.07) is 6.49. The van der Waals surface area contributed by atoms with Crippen molar-refractivity contribution in [1.29, 1.82) is 0 Å². The van der Waals surface area contributed by atoms with Crippen LogP contribution in [0.5, 0.6) is 11.5 Å². The SMILES string of the molecule is C[C@H](c1ccc2c(c1)OCCCO2)N(C(=O)C[C@H]1CCCO1)C1CC1. The Hall–Kier alpha value is -1.75. The number of hydrogen-bond donors (Lipinski definition) is 0. The van der Waals surface area contributed by atoms with Crippen molar-refractivity contribution in [1.82, 2.24) is 4.90 Å². The van der Waals surface area contributed by atoms with Crippen LogP contribution < -0.4 is 9.47 Å². The molecule has 1 aliphatic carbocycles. The lowest BCUT2D eigenvalue weighted by atomic mass is 10.0. The van der Waals surface area contributed by atoms with Crippen LogP contribution in [0.25, 0.3) is 0 Å². The van der Waals surface area contributed by atoms with Crippen LogP contribution in [0.1, 0.15) is 57.1 Å². The Kier molecular flexibility index (Phi) is 4.84. The normalized spacial score (nSPS) is 23.8. The summed E-state index contributed by atoms with van der Waals surface area (Å²) in [6.07, 6.45) is 5.78. The molecular weight excluding hydrogens is 318 g/mol. The van der Waals surface area contributed by atoms with Crippen LogP contribution in [0, 0.1) is 0 Å². The van der Waals surface area contributed by atoms with Gasteiger partial charge >= 0.3 is 0 Å². The van der Waals surface area contributed by atoms with Crippen LogP contribution in [-0.2, 0) is 9.53 Å². The Morgan fingerprint density at radius 1 is 1.12 bits per heavy atom. The van der Waals surface area contributed by atoms with Crippen LogP contribution in [0.15, 0.2) is 18.2 Å². The number of nitrogens with zero attached hydrogens (tertiary/aromatic N) is 1. The van der Waals surface area contributed by atoms with E-state index in [4.69, 9.17) is 14.2 Å². The van der Waals surface area contributed by atoms with Gasteiger partial charge in [-0.3, -0.25) is 4.79 Å². The van der Waals surface area contributed by atoms with Crippen molar-refractivity contribution < 1.29 is 19.0 Å². The summed E-state index contributed by atoms with van der Waals surface area (Å²) in [5, 5.41) is 0. The zero-order valence-corrected chi connectivity index (χ0v) is 14.9. The lowest BCUT2D eigenvalue weighted by Crippen LogP contribution is -2.37. The van der Waals surface area contributed by atoms with E-state index in [1.165, 1.54) is 0 Å². The van der Waals surface area contributed by atoms with E-state index in [0.29, 0.717) is 25.7 Å². The zero-order chi connectivity index (χ0) is 17.2. The third kappa shape index (κ3) is 3.76. The van der Waals surface area contributed by atoms with Gasteiger partial charge in [-0.1, -0.05) is 6.07 Å². The molecule has 5 nitrogen and oxygen atoms in total. The average molecular weight is 345 g/mol. The minimum absolute atomic E-state index is 0.0403. The maximum absolute atomic E-state index is 12.9. The highest BCUT2D eigenvalue weighted by Gasteiger charge is 2.37. The molecule has 1 amide bonds. The number of carbonyl (C=O) groups is 1. The van der Waals surface area contributed by atoms with Gasteiger partial charge in [-0.25, -0.2) is 0 Å². The van der Waals surface area contributed by atoms with Gasteiger partial charge in [0.05, 0.1) is 31.8 Å². The second-order valence-corrected chi connectivity index (χ2v) is 7.30. The Morgan fingerprint density at radius 2 is 1.92 bits per heavy atom. The molecular formula is C20H27NO4. The summed E-state index contributed by atoms with van der Waals surface area (Å²) in [5.41, 5.74) is 1.11. The van der Waals surface area contributed by atoms with Crippen molar-refractivity contribution in [3.8, 4) is 11.5 Å². The van der Waals surface area contributed by atoms with Gasteiger partial charge in [0, 0.05) is 19.1 Å².